The second-order valence-electron chi connectivity index (χ2n) is 7.81. The summed E-state index contributed by atoms with van der Waals surface area (Å²) in [6.07, 6.45) is 2.10. The van der Waals surface area contributed by atoms with Crippen LogP contribution >= 0.6 is 0 Å². The molecule has 1 aliphatic heterocycles. The van der Waals surface area contributed by atoms with Crippen molar-refractivity contribution in [3.63, 3.8) is 0 Å². The SMILES string of the molecule is COc1ccc(-c2[nH]ncc2C2CC(c3c(O)cc(C)oc3=O)=Nc3ccccc3N2)cc1. The Hall–Kier alpha value is -4.33. The maximum atomic E-state index is 12.7. The Labute approximate surface area is 189 Å². The molecule has 166 valence electrons. The van der Waals surface area contributed by atoms with E-state index in [2.05, 4.69) is 15.5 Å². The van der Waals surface area contributed by atoms with Crippen molar-refractivity contribution < 1.29 is 14.3 Å². The van der Waals surface area contributed by atoms with Crippen LogP contribution in [0.3, 0.4) is 0 Å². The van der Waals surface area contributed by atoms with Gasteiger partial charge in [0.15, 0.2) is 0 Å². The van der Waals surface area contributed by atoms with Crippen LogP contribution in [0.1, 0.15) is 29.3 Å². The number of nitrogens with one attached hydrogen (secondary N) is 2. The molecule has 0 amide bonds. The molecule has 8 nitrogen and oxygen atoms in total. The number of aliphatic imine (C=N–C) groups is 1. The van der Waals surface area contributed by atoms with Crippen LogP contribution in [0, 0.1) is 6.92 Å². The van der Waals surface area contributed by atoms with Crippen LogP contribution in [-0.4, -0.2) is 28.1 Å². The Morgan fingerprint density at radius 3 is 2.70 bits per heavy atom. The summed E-state index contributed by atoms with van der Waals surface area (Å²) in [6, 6.07) is 16.4. The van der Waals surface area contributed by atoms with Crippen LogP contribution in [0.4, 0.5) is 11.4 Å². The predicted molar refractivity (Wildman–Crippen MR) is 126 cm³/mol. The number of methoxy groups -OCH3 is 1. The fourth-order valence-electron chi connectivity index (χ4n) is 4.07. The lowest BCUT2D eigenvalue weighted by Gasteiger charge is -2.19. The third-order valence-electron chi connectivity index (χ3n) is 5.65. The molecule has 1 unspecified atom stereocenters. The summed E-state index contributed by atoms with van der Waals surface area (Å²) in [6.45, 7) is 1.62. The number of aryl methyl sites for hydroxylation is 1. The summed E-state index contributed by atoms with van der Waals surface area (Å²) in [5.41, 5.74) is 4.06. The molecule has 0 spiro atoms. The number of rotatable bonds is 4. The number of nitrogens with zero attached hydrogens (tertiary/aromatic N) is 2. The van der Waals surface area contributed by atoms with Crippen LogP contribution < -0.4 is 15.7 Å². The normalized spacial score (nSPS) is 15.2. The molecular weight excluding hydrogens is 420 g/mol. The number of hydrogen-bond acceptors (Lipinski definition) is 7. The molecule has 4 aromatic rings. The molecule has 2 aromatic carbocycles. The highest BCUT2D eigenvalue weighted by Crippen LogP contribution is 2.38. The molecule has 1 atom stereocenters. The van der Waals surface area contributed by atoms with Gasteiger partial charge in [0.05, 0.1) is 42.1 Å². The number of aromatic hydroxyl groups is 1. The maximum absolute atomic E-state index is 12.7. The van der Waals surface area contributed by atoms with E-state index in [-0.39, 0.29) is 17.4 Å². The average Bonchev–Trinajstić information content (AvgIpc) is 3.21. The van der Waals surface area contributed by atoms with Gasteiger partial charge in [-0.15, -0.1) is 0 Å². The summed E-state index contributed by atoms with van der Waals surface area (Å²) in [4.78, 5) is 17.4. The summed E-state index contributed by atoms with van der Waals surface area (Å²) in [5, 5.41) is 21.5. The van der Waals surface area contributed by atoms with Gasteiger partial charge in [-0.1, -0.05) is 12.1 Å². The van der Waals surface area contributed by atoms with Gasteiger partial charge in [0.25, 0.3) is 0 Å². The van der Waals surface area contributed by atoms with Gasteiger partial charge in [-0.2, -0.15) is 5.10 Å². The van der Waals surface area contributed by atoms with E-state index >= 15 is 0 Å². The zero-order chi connectivity index (χ0) is 22.9. The van der Waals surface area contributed by atoms with Gasteiger partial charge in [0, 0.05) is 23.6 Å². The molecule has 2 aromatic heterocycles. The number of H-pyrrole nitrogens is 1. The smallest absolute Gasteiger partial charge is 0.348 e. The zero-order valence-corrected chi connectivity index (χ0v) is 18.1. The van der Waals surface area contributed by atoms with Crippen molar-refractivity contribution >= 4 is 17.1 Å². The fraction of sp³-hybridized carbons (Fsp3) is 0.160. The van der Waals surface area contributed by atoms with E-state index in [4.69, 9.17) is 14.1 Å². The highest BCUT2D eigenvalue weighted by Gasteiger charge is 2.27. The zero-order valence-electron chi connectivity index (χ0n) is 18.1. The molecule has 0 saturated carbocycles. The minimum atomic E-state index is -0.619. The molecule has 0 bridgehead atoms. The van der Waals surface area contributed by atoms with Gasteiger partial charge < -0.3 is 19.6 Å². The number of anilines is 1. The first-order valence-corrected chi connectivity index (χ1v) is 10.5. The van der Waals surface area contributed by atoms with Gasteiger partial charge in [-0.3, -0.25) is 10.1 Å². The molecule has 0 fully saturated rings. The quantitative estimate of drug-likeness (QED) is 0.421. The number of para-hydroxylation sites is 2. The topological polar surface area (TPSA) is 113 Å². The van der Waals surface area contributed by atoms with E-state index in [0.717, 1.165) is 28.3 Å². The number of ether oxygens (including phenoxy) is 1. The summed E-state index contributed by atoms with van der Waals surface area (Å²) in [5.74, 6) is 0.947. The Kier molecular flexibility index (Phi) is 5.18. The van der Waals surface area contributed by atoms with E-state index in [1.165, 1.54) is 6.07 Å². The minimum Gasteiger partial charge on any atom is -0.507 e. The summed E-state index contributed by atoms with van der Waals surface area (Å²) in [7, 11) is 1.63. The monoisotopic (exact) mass is 442 g/mol. The predicted octanol–water partition coefficient (Wildman–Crippen LogP) is 4.73. The van der Waals surface area contributed by atoms with Gasteiger partial charge in [-0.25, -0.2) is 4.79 Å². The second-order valence-corrected chi connectivity index (χ2v) is 7.81. The average molecular weight is 442 g/mol. The van der Waals surface area contributed by atoms with Crippen molar-refractivity contribution in [2.24, 2.45) is 4.99 Å². The van der Waals surface area contributed by atoms with Gasteiger partial charge in [-0.05, 0) is 43.3 Å². The van der Waals surface area contributed by atoms with Crippen LogP contribution in [0.15, 0.2) is 75.0 Å². The van der Waals surface area contributed by atoms with E-state index in [0.29, 0.717) is 23.6 Å². The summed E-state index contributed by atoms with van der Waals surface area (Å²) >= 11 is 0. The van der Waals surface area contributed by atoms with E-state index in [1.807, 2.05) is 48.5 Å². The van der Waals surface area contributed by atoms with Gasteiger partial charge in [0.1, 0.15) is 22.8 Å². The standard InChI is InChI=1S/C25H22N4O4/c1-14-11-22(30)23(25(31)33-14)21-12-20(27-18-5-3-4-6-19(18)28-21)17-13-26-29-24(17)15-7-9-16(32-2)10-8-15/h3-11,13,20,27,30H,12H2,1-2H3,(H,26,29). The first kappa shape index (κ1) is 20.6. The third kappa shape index (κ3) is 3.87. The molecule has 0 radical (unpaired) electrons. The summed E-state index contributed by atoms with van der Waals surface area (Å²) < 4.78 is 10.5. The van der Waals surface area contributed by atoms with Crippen molar-refractivity contribution in [2.45, 2.75) is 19.4 Å². The highest BCUT2D eigenvalue weighted by molar-refractivity contribution is 6.05. The molecule has 5 rings (SSSR count). The lowest BCUT2D eigenvalue weighted by Crippen LogP contribution is -2.20. The number of aromatic nitrogens is 2. The van der Waals surface area contributed by atoms with Crippen molar-refractivity contribution in [1.82, 2.24) is 10.2 Å². The maximum Gasteiger partial charge on any atom is 0.348 e. The van der Waals surface area contributed by atoms with Crippen molar-refractivity contribution in [3.8, 4) is 22.8 Å². The Bertz CT molecular complexity index is 1400. The molecule has 0 aliphatic carbocycles. The first-order valence-electron chi connectivity index (χ1n) is 10.5. The molecule has 3 heterocycles. The molecule has 1 aliphatic rings. The highest BCUT2D eigenvalue weighted by atomic mass is 16.5. The molecule has 3 N–H and O–H groups in total. The molecule has 8 heteroatoms. The first-order chi connectivity index (χ1) is 16.0. The van der Waals surface area contributed by atoms with E-state index < -0.39 is 5.63 Å². The molecule has 0 saturated heterocycles. The number of benzene rings is 2. The van der Waals surface area contributed by atoms with Crippen molar-refractivity contribution in [1.29, 1.82) is 0 Å². The van der Waals surface area contributed by atoms with E-state index in [1.54, 1.807) is 20.2 Å². The van der Waals surface area contributed by atoms with Gasteiger partial charge >= 0.3 is 5.63 Å². The number of hydrogen-bond donors (Lipinski definition) is 3. The lowest BCUT2D eigenvalue weighted by molar-refractivity contribution is 0.415. The van der Waals surface area contributed by atoms with Crippen LogP contribution in [-0.2, 0) is 0 Å². The lowest BCUT2D eigenvalue weighted by atomic mass is 9.95. The largest absolute Gasteiger partial charge is 0.507 e. The van der Waals surface area contributed by atoms with Crippen molar-refractivity contribution in [3.05, 3.63) is 88.1 Å². The number of fused-ring (bicyclic) bond motifs is 1. The van der Waals surface area contributed by atoms with E-state index in [9.17, 15) is 9.90 Å². The third-order valence-corrected chi connectivity index (χ3v) is 5.65. The second kappa shape index (κ2) is 8.31. The van der Waals surface area contributed by atoms with Crippen LogP contribution in [0.5, 0.6) is 11.5 Å². The molecule has 33 heavy (non-hydrogen) atoms. The van der Waals surface area contributed by atoms with Crippen molar-refractivity contribution in [2.75, 3.05) is 12.4 Å². The van der Waals surface area contributed by atoms with Crippen LogP contribution in [0.2, 0.25) is 0 Å². The molecular formula is C25H22N4O4. The Balaban J connectivity index is 1.62. The number of aromatic amines is 1. The van der Waals surface area contributed by atoms with Crippen LogP contribution in [0.25, 0.3) is 11.3 Å². The minimum absolute atomic E-state index is 0.0681. The van der Waals surface area contributed by atoms with Gasteiger partial charge in [0.2, 0.25) is 0 Å². The Morgan fingerprint density at radius 2 is 1.94 bits per heavy atom. The Morgan fingerprint density at radius 1 is 1.15 bits per heavy atom. The fourth-order valence-corrected chi connectivity index (χ4v) is 4.07.